The quantitative estimate of drug-likeness (QED) is 0.810. The van der Waals surface area contributed by atoms with E-state index in [1.54, 1.807) is 31.2 Å². The Labute approximate surface area is 148 Å². The van der Waals surface area contributed by atoms with E-state index in [9.17, 15) is 14.4 Å². The number of carbonyl (C=O) groups is 3. The zero-order valence-corrected chi connectivity index (χ0v) is 14.3. The molecule has 8 nitrogen and oxygen atoms in total. The number of amides is 2. The van der Waals surface area contributed by atoms with Crippen molar-refractivity contribution in [3.8, 4) is 11.3 Å². The average Bonchev–Trinajstić information content (AvgIpc) is 2.95. The summed E-state index contributed by atoms with van der Waals surface area (Å²) in [5, 5.41) is 6.13. The minimum absolute atomic E-state index is 0.0528. The summed E-state index contributed by atoms with van der Waals surface area (Å²) in [6, 6.07) is 6.77. The van der Waals surface area contributed by atoms with Gasteiger partial charge in [0.1, 0.15) is 17.0 Å². The number of hydrogen-bond acceptors (Lipinski definition) is 7. The smallest absolute Gasteiger partial charge is 0.413 e. The van der Waals surface area contributed by atoms with Crippen molar-refractivity contribution < 1.29 is 28.4 Å². The highest BCUT2D eigenvalue weighted by Gasteiger charge is 2.25. The van der Waals surface area contributed by atoms with Gasteiger partial charge in [-0.3, -0.25) is 10.1 Å². The Bertz CT molecular complexity index is 802. The van der Waals surface area contributed by atoms with E-state index in [0.29, 0.717) is 10.6 Å². The summed E-state index contributed by atoms with van der Waals surface area (Å²) in [5.74, 6) is -1.43. The lowest BCUT2D eigenvalue weighted by Crippen LogP contribution is -2.34. The molecular weight excluding hydrogens is 352 g/mol. The molecule has 0 fully saturated rings. The van der Waals surface area contributed by atoms with Gasteiger partial charge in [-0.15, -0.1) is 0 Å². The highest BCUT2D eigenvalue weighted by atomic mass is 35.5. The predicted molar refractivity (Wildman–Crippen MR) is 87.1 cm³/mol. The number of esters is 1. The van der Waals surface area contributed by atoms with E-state index in [0.717, 1.165) is 0 Å². The minimum Gasteiger partial charge on any atom is -0.452 e. The third kappa shape index (κ3) is 4.57. The van der Waals surface area contributed by atoms with Gasteiger partial charge in [0, 0.05) is 5.56 Å². The molecule has 0 saturated heterocycles. The van der Waals surface area contributed by atoms with E-state index >= 15 is 0 Å². The van der Waals surface area contributed by atoms with Crippen LogP contribution in [0.5, 0.6) is 0 Å². The maximum atomic E-state index is 12.3. The molecule has 9 heteroatoms. The number of benzene rings is 1. The first-order chi connectivity index (χ1) is 11.9. The standard InChI is InChI=1S/C16H15ClN2O6/c1-3-23-16(22)18-12(20)8-24-15(21)13-9(2)25-19-14(13)10-6-4-5-7-11(10)17/h4-7H,3,8H2,1-2H3,(H,18,20,22). The molecule has 1 heterocycles. The summed E-state index contributed by atoms with van der Waals surface area (Å²) in [6.45, 7) is 2.57. The lowest BCUT2D eigenvalue weighted by Gasteiger charge is -2.06. The van der Waals surface area contributed by atoms with Crippen molar-refractivity contribution in [3.05, 3.63) is 40.6 Å². The molecule has 2 rings (SSSR count). The van der Waals surface area contributed by atoms with Crippen LogP contribution in [0.15, 0.2) is 28.8 Å². The first-order valence-corrected chi connectivity index (χ1v) is 7.66. The number of imide groups is 1. The third-order valence-corrected chi connectivity index (χ3v) is 3.38. The van der Waals surface area contributed by atoms with Gasteiger partial charge in [-0.1, -0.05) is 35.0 Å². The summed E-state index contributed by atoms with van der Waals surface area (Å²) >= 11 is 6.11. The Morgan fingerprint density at radius 1 is 1.24 bits per heavy atom. The van der Waals surface area contributed by atoms with Crippen LogP contribution in [0.2, 0.25) is 5.02 Å². The van der Waals surface area contributed by atoms with Gasteiger partial charge in [0.15, 0.2) is 6.61 Å². The van der Waals surface area contributed by atoms with Gasteiger partial charge in [0.05, 0.1) is 11.6 Å². The second-order valence-electron chi connectivity index (χ2n) is 4.79. The number of rotatable bonds is 5. The maximum Gasteiger partial charge on any atom is 0.413 e. The first kappa shape index (κ1) is 18.5. The highest BCUT2D eigenvalue weighted by Crippen LogP contribution is 2.31. The normalized spacial score (nSPS) is 10.2. The Morgan fingerprint density at radius 3 is 2.64 bits per heavy atom. The van der Waals surface area contributed by atoms with Gasteiger partial charge < -0.3 is 14.0 Å². The number of aromatic nitrogens is 1. The van der Waals surface area contributed by atoms with E-state index in [2.05, 4.69) is 9.89 Å². The third-order valence-electron chi connectivity index (χ3n) is 3.05. The summed E-state index contributed by atoms with van der Waals surface area (Å²) in [7, 11) is 0. The van der Waals surface area contributed by atoms with Crippen LogP contribution in [0.25, 0.3) is 11.3 Å². The summed E-state index contributed by atoms with van der Waals surface area (Å²) in [6.07, 6.45) is -0.915. The first-order valence-electron chi connectivity index (χ1n) is 7.29. The van der Waals surface area contributed by atoms with Crippen LogP contribution >= 0.6 is 11.6 Å². The monoisotopic (exact) mass is 366 g/mol. The second kappa shape index (κ2) is 8.29. The van der Waals surface area contributed by atoms with Crippen molar-refractivity contribution in [1.82, 2.24) is 10.5 Å². The van der Waals surface area contributed by atoms with Crippen molar-refractivity contribution in [2.45, 2.75) is 13.8 Å². The molecule has 2 aromatic rings. The number of alkyl carbamates (subject to hydrolysis) is 1. The minimum atomic E-state index is -0.915. The molecule has 0 unspecified atom stereocenters. The maximum absolute atomic E-state index is 12.3. The second-order valence-corrected chi connectivity index (χ2v) is 5.19. The van der Waals surface area contributed by atoms with Crippen LogP contribution in [0, 0.1) is 6.92 Å². The zero-order chi connectivity index (χ0) is 18.4. The topological polar surface area (TPSA) is 108 Å². The summed E-state index contributed by atoms with van der Waals surface area (Å²) in [5.41, 5.74) is 0.750. The molecule has 1 N–H and O–H groups in total. The fourth-order valence-electron chi connectivity index (χ4n) is 1.97. The van der Waals surface area contributed by atoms with Gasteiger partial charge in [-0.25, -0.2) is 9.59 Å². The van der Waals surface area contributed by atoms with E-state index in [-0.39, 0.29) is 23.6 Å². The van der Waals surface area contributed by atoms with Crippen molar-refractivity contribution in [2.75, 3.05) is 13.2 Å². The lowest BCUT2D eigenvalue weighted by atomic mass is 10.1. The molecule has 1 aromatic carbocycles. The fourth-order valence-corrected chi connectivity index (χ4v) is 2.20. The number of ether oxygens (including phenoxy) is 2. The molecule has 0 aliphatic rings. The zero-order valence-electron chi connectivity index (χ0n) is 13.5. The molecule has 0 bridgehead atoms. The number of aryl methyl sites for hydroxylation is 1. The predicted octanol–water partition coefficient (Wildman–Crippen LogP) is 2.73. The molecule has 132 valence electrons. The van der Waals surface area contributed by atoms with Crippen LogP contribution < -0.4 is 5.32 Å². The highest BCUT2D eigenvalue weighted by molar-refractivity contribution is 6.33. The van der Waals surface area contributed by atoms with Gasteiger partial charge in [-0.05, 0) is 19.9 Å². The molecule has 1 aromatic heterocycles. The van der Waals surface area contributed by atoms with Crippen LogP contribution in [0.3, 0.4) is 0 Å². The number of hydrogen-bond donors (Lipinski definition) is 1. The van der Waals surface area contributed by atoms with Crippen LogP contribution in [-0.4, -0.2) is 36.3 Å². The summed E-state index contributed by atoms with van der Waals surface area (Å²) < 4.78 is 14.5. The SMILES string of the molecule is CCOC(=O)NC(=O)COC(=O)c1c(-c2ccccc2Cl)noc1C. The van der Waals surface area contributed by atoms with Gasteiger partial charge >= 0.3 is 12.1 Å². The molecule has 25 heavy (non-hydrogen) atoms. The van der Waals surface area contributed by atoms with Crippen LogP contribution in [0.4, 0.5) is 4.79 Å². The van der Waals surface area contributed by atoms with Crippen molar-refractivity contribution in [2.24, 2.45) is 0 Å². The average molecular weight is 367 g/mol. The Morgan fingerprint density at radius 2 is 1.96 bits per heavy atom. The fraction of sp³-hybridized carbons (Fsp3) is 0.250. The Kier molecular flexibility index (Phi) is 6.13. The molecule has 0 spiro atoms. The molecular formula is C16H15ClN2O6. The van der Waals surface area contributed by atoms with Crippen LogP contribution in [0.1, 0.15) is 23.0 Å². The van der Waals surface area contributed by atoms with Gasteiger partial charge in [-0.2, -0.15) is 0 Å². The van der Waals surface area contributed by atoms with E-state index in [1.807, 2.05) is 5.32 Å². The van der Waals surface area contributed by atoms with Gasteiger partial charge in [0.25, 0.3) is 5.91 Å². The number of halogens is 1. The number of nitrogens with one attached hydrogen (secondary N) is 1. The Balaban J connectivity index is 2.10. The number of carbonyl (C=O) groups excluding carboxylic acids is 3. The van der Waals surface area contributed by atoms with Crippen molar-refractivity contribution >= 4 is 29.6 Å². The number of nitrogens with zero attached hydrogens (tertiary/aromatic N) is 1. The lowest BCUT2D eigenvalue weighted by molar-refractivity contribution is -0.123. The van der Waals surface area contributed by atoms with E-state index in [4.69, 9.17) is 20.9 Å². The summed E-state index contributed by atoms with van der Waals surface area (Å²) in [4.78, 5) is 35.0. The molecule has 0 aliphatic heterocycles. The van der Waals surface area contributed by atoms with E-state index < -0.39 is 24.6 Å². The molecule has 0 saturated carbocycles. The molecule has 0 radical (unpaired) electrons. The largest absolute Gasteiger partial charge is 0.452 e. The van der Waals surface area contributed by atoms with Crippen molar-refractivity contribution in [3.63, 3.8) is 0 Å². The Hall–Kier alpha value is -2.87. The molecule has 0 atom stereocenters. The molecule has 2 amide bonds. The van der Waals surface area contributed by atoms with Crippen LogP contribution in [-0.2, 0) is 14.3 Å². The van der Waals surface area contributed by atoms with Gasteiger partial charge in [0.2, 0.25) is 0 Å². The van der Waals surface area contributed by atoms with E-state index in [1.165, 1.54) is 6.92 Å². The molecule has 0 aliphatic carbocycles. The van der Waals surface area contributed by atoms with Crippen molar-refractivity contribution in [1.29, 1.82) is 0 Å².